The largest absolute Gasteiger partial charge is 0.493 e. The van der Waals surface area contributed by atoms with Crippen molar-refractivity contribution >= 4 is 21.6 Å². The SMILES string of the molecule is CCCCCCOc1ccccc1C(=O)Nc1ccc(S(=O)(=O)N(CCC)CCC)cc1. The number of para-hydroxylation sites is 1. The van der Waals surface area contributed by atoms with Crippen LogP contribution in [0.2, 0.25) is 0 Å². The zero-order valence-corrected chi connectivity index (χ0v) is 20.3. The fourth-order valence-electron chi connectivity index (χ4n) is 3.40. The van der Waals surface area contributed by atoms with Crippen molar-refractivity contribution in [2.75, 3.05) is 25.0 Å². The predicted octanol–water partition coefficient (Wildman–Crippen LogP) is 5.71. The number of amides is 1. The molecule has 0 unspecified atom stereocenters. The zero-order valence-electron chi connectivity index (χ0n) is 19.5. The second-order valence-electron chi connectivity index (χ2n) is 7.79. The highest BCUT2D eigenvalue weighted by molar-refractivity contribution is 7.89. The van der Waals surface area contributed by atoms with Crippen molar-refractivity contribution in [3.63, 3.8) is 0 Å². The number of benzene rings is 2. The van der Waals surface area contributed by atoms with E-state index in [4.69, 9.17) is 4.74 Å². The maximum absolute atomic E-state index is 12.9. The van der Waals surface area contributed by atoms with E-state index in [2.05, 4.69) is 12.2 Å². The molecule has 0 radical (unpaired) electrons. The third kappa shape index (κ3) is 7.35. The maximum Gasteiger partial charge on any atom is 0.259 e. The molecule has 32 heavy (non-hydrogen) atoms. The van der Waals surface area contributed by atoms with Crippen molar-refractivity contribution in [3.05, 3.63) is 54.1 Å². The van der Waals surface area contributed by atoms with Gasteiger partial charge in [-0.05, 0) is 55.7 Å². The number of carbonyl (C=O) groups excluding carboxylic acids is 1. The topological polar surface area (TPSA) is 75.7 Å². The highest BCUT2D eigenvalue weighted by Crippen LogP contribution is 2.22. The van der Waals surface area contributed by atoms with Gasteiger partial charge in [0.05, 0.1) is 17.1 Å². The van der Waals surface area contributed by atoms with Gasteiger partial charge in [-0.15, -0.1) is 0 Å². The normalized spacial score (nSPS) is 11.5. The number of unbranched alkanes of at least 4 members (excludes halogenated alkanes) is 3. The number of nitrogens with one attached hydrogen (secondary N) is 1. The Bertz CT molecular complexity index is 937. The standard InChI is InChI=1S/C25H36N2O4S/c1-4-7-8-11-20-31-24-13-10-9-12-23(24)25(28)26-21-14-16-22(17-15-21)32(29,30)27(18-5-2)19-6-3/h9-10,12-17H,4-8,11,18-20H2,1-3H3,(H,26,28). The molecule has 1 N–H and O–H groups in total. The fourth-order valence-corrected chi connectivity index (χ4v) is 5.02. The Morgan fingerprint density at radius 2 is 1.53 bits per heavy atom. The number of hydrogen-bond donors (Lipinski definition) is 1. The molecule has 2 aromatic rings. The third-order valence-electron chi connectivity index (χ3n) is 5.08. The van der Waals surface area contributed by atoms with Crippen LogP contribution in [0.25, 0.3) is 0 Å². The molecule has 0 fully saturated rings. The lowest BCUT2D eigenvalue weighted by Gasteiger charge is -2.21. The Balaban J connectivity index is 2.07. The Morgan fingerprint density at radius 1 is 0.875 bits per heavy atom. The van der Waals surface area contributed by atoms with Crippen LogP contribution >= 0.6 is 0 Å². The molecule has 0 saturated heterocycles. The molecule has 0 aliphatic heterocycles. The van der Waals surface area contributed by atoms with E-state index in [-0.39, 0.29) is 10.8 Å². The molecule has 0 heterocycles. The van der Waals surface area contributed by atoms with Gasteiger partial charge in [0.2, 0.25) is 10.0 Å². The summed E-state index contributed by atoms with van der Waals surface area (Å²) in [5.74, 6) is 0.263. The molecule has 0 spiro atoms. The smallest absolute Gasteiger partial charge is 0.259 e. The van der Waals surface area contributed by atoms with Crippen molar-refractivity contribution < 1.29 is 17.9 Å². The van der Waals surface area contributed by atoms with E-state index in [1.807, 2.05) is 19.9 Å². The molecule has 1 amide bonds. The van der Waals surface area contributed by atoms with Gasteiger partial charge >= 0.3 is 0 Å². The summed E-state index contributed by atoms with van der Waals surface area (Å²) in [6, 6.07) is 13.5. The van der Waals surface area contributed by atoms with Gasteiger partial charge in [-0.25, -0.2) is 8.42 Å². The number of rotatable bonds is 14. The summed E-state index contributed by atoms with van der Waals surface area (Å²) in [7, 11) is -3.55. The van der Waals surface area contributed by atoms with Crippen LogP contribution in [-0.4, -0.2) is 38.3 Å². The molecular weight excluding hydrogens is 424 g/mol. The molecule has 7 heteroatoms. The van der Waals surface area contributed by atoms with Crippen molar-refractivity contribution in [1.29, 1.82) is 0 Å². The van der Waals surface area contributed by atoms with E-state index < -0.39 is 10.0 Å². The molecule has 0 aliphatic carbocycles. The summed E-state index contributed by atoms with van der Waals surface area (Å²) in [5, 5.41) is 2.84. The first kappa shape index (κ1) is 25.9. The van der Waals surface area contributed by atoms with Gasteiger partial charge in [0.15, 0.2) is 0 Å². The van der Waals surface area contributed by atoms with Crippen LogP contribution in [0.1, 0.15) is 69.7 Å². The summed E-state index contributed by atoms with van der Waals surface area (Å²) in [5.41, 5.74) is 0.987. The van der Waals surface area contributed by atoms with Crippen LogP contribution in [0.5, 0.6) is 5.75 Å². The molecule has 0 aromatic heterocycles. The van der Waals surface area contributed by atoms with Crippen LogP contribution in [0.3, 0.4) is 0 Å². The molecule has 2 aromatic carbocycles. The number of nitrogens with zero attached hydrogens (tertiary/aromatic N) is 1. The van der Waals surface area contributed by atoms with Gasteiger partial charge in [-0.2, -0.15) is 4.31 Å². The van der Waals surface area contributed by atoms with Crippen molar-refractivity contribution in [1.82, 2.24) is 4.31 Å². The average molecular weight is 461 g/mol. The zero-order chi connectivity index (χ0) is 23.4. The van der Waals surface area contributed by atoms with Gasteiger partial charge in [0, 0.05) is 18.8 Å². The molecule has 6 nitrogen and oxygen atoms in total. The third-order valence-corrected chi connectivity index (χ3v) is 7.00. The minimum Gasteiger partial charge on any atom is -0.493 e. The van der Waals surface area contributed by atoms with E-state index >= 15 is 0 Å². The predicted molar refractivity (Wildman–Crippen MR) is 130 cm³/mol. The summed E-state index contributed by atoms with van der Waals surface area (Å²) >= 11 is 0. The van der Waals surface area contributed by atoms with Gasteiger partial charge < -0.3 is 10.1 Å². The Kier molecular flexibility index (Phi) is 10.7. The molecule has 176 valence electrons. The Morgan fingerprint density at radius 3 is 2.16 bits per heavy atom. The van der Waals surface area contributed by atoms with E-state index in [1.165, 1.54) is 10.7 Å². The number of sulfonamides is 1. The second kappa shape index (κ2) is 13.2. The number of anilines is 1. The first-order valence-electron chi connectivity index (χ1n) is 11.6. The lowest BCUT2D eigenvalue weighted by atomic mass is 10.1. The number of ether oxygens (including phenoxy) is 1. The van der Waals surface area contributed by atoms with Crippen molar-refractivity contribution in [2.45, 2.75) is 64.2 Å². The highest BCUT2D eigenvalue weighted by atomic mass is 32.2. The molecule has 0 saturated carbocycles. The van der Waals surface area contributed by atoms with Gasteiger partial charge in [-0.3, -0.25) is 4.79 Å². The van der Waals surface area contributed by atoms with Gasteiger partial charge in [0.1, 0.15) is 5.75 Å². The summed E-state index contributed by atoms with van der Waals surface area (Å²) in [6.45, 7) is 7.64. The summed E-state index contributed by atoms with van der Waals surface area (Å²) < 4.78 is 33.1. The second-order valence-corrected chi connectivity index (χ2v) is 9.73. The van der Waals surface area contributed by atoms with E-state index in [0.717, 1.165) is 32.1 Å². The lowest BCUT2D eigenvalue weighted by molar-refractivity contribution is 0.102. The van der Waals surface area contributed by atoms with Crippen molar-refractivity contribution in [3.8, 4) is 5.75 Å². The van der Waals surface area contributed by atoms with E-state index in [1.54, 1.807) is 42.5 Å². The summed E-state index contributed by atoms with van der Waals surface area (Å²) in [4.78, 5) is 13.0. The fraction of sp³-hybridized carbons (Fsp3) is 0.480. The van der Waals surface area contributed by atoms with Crippen LogP contribution in [0.15, 0.2) is 53.4 Å². The molecular formula is C25H36N2O4S. The number of carbonyl (C=O) groups is 1. The van der Waals surface area contributed by atoms with Gasteiger partial charge in [-0.1, -0.05) is 52.2 Å². The minimum absolute atomic E-state index is 0.230. The molecule has 0 atom stereocenters. The van der Waals surface area contributed by atoms with Crippen molar-refractivity contribution in [2.24, 2.45) is 0 Å². The summed E-state index contributed by atoms with van der Waals surface area (Å²) in [6.07, 6.45) is 5.90. The quantitative estimate of drug-likeness (QED) is 0.367. The van der Waals surface area contributed by atoms with Gasteiger partial charge in [0.25, 0.3) is 5.91 Å². The Hall–Kier alpha value is -2.38. The van der Waals surface area contributed by atoms with Crippen LogP contribution < -0.4 is 10.1 Å². The molecule has 2 rings (SSSR count). The lowest BCUT2D eigenvalue weighted by Crippen LogP contribution is -2.32. The minimum atomic E-state index is -3.55. The Labute approximate surface area is 193 Å². The maximum atomic E-state index is 12.9. The van der Waals surface area contributed by atoms with Crippen LogP contribution in [0.4, 0.5) is 5.69 Å². The van der Waals surface area contributed by atoms with E-state index in [0.29, 0.717) is 36.7 Å². The highest BCUT2D eigenvalue weighted by Gasteiger charge is 2.23. The van der Waals surface area contributed by atoms with Crippen LogP contribution in [0, 0.1) is 0 Å². The average Bonchev–Trinajstić information content (AvgIpc) is 2.79. The first-order valence-corrected chi connectivity index (χ1v) is 13.0. The number of hydrogen-bond acceptors (Lipinski definition) is 4. The molecule has 0 bridgehead atoms. The van der Waals surface area contributed by atoms with Crippen LogP contribution in [-0.2, 0) is 10.0 Å². The molecule has 0 aliphatic rings. The monoisotopic (exact) mass is 460 g/mol. The first-order chi connectivity index (χ1) is 15.4. The van der Waals surface area contributed by atoms with E-state index in [9.17, 15) is 13.2 Å².